The Bertz CT molecular complexity index is 869. The van der Waals surface area contributed by atoms with Gasteiger partial charge in [-0.05, 0) is 26.3 Å². The van der Waals surface area contributed by atoms with Crippen molar-refractivity contribution in [3.8, 4) is 5.88 Å². The van der Waals surface area contributed by atoms with Crippen LogP contribution in [0.4, 0.5) is 0 Å². The van der Waals surface area contributed by atoms with Crippen molar-refractivity contribution in [2.75, 3.05) is 25.4 Å². The fourth-order valence-corrected chi connectivity index (χ4v) is 6.55. The molecule has 2 saturated heterocycles. The maximum absolute atomic E-state index is 12.7. The van der Waals surface area contributed by atoms with Crippen molar-refractivity contribution >= 4 is 9.84 Å². The molecular weight excluding hydrogens is 354 g/mol. The number of nitrogens with zero attached hydrogens (tertiary/aromatic N) is 3. The van der Waals surface area contributed by atoms with E-state index < -0.39 is 14.6 Å². The Morgan fingerprint density at radius 1 is 1.35 bits per heavy atom. The summed E-state index contributed by atoms with van der Waals surface area (Å²) in [6.07, 6.45) is 2.32. The number of pyridine rings is 1. The summed E-state index contributed by atoms with van der Waals surface area (Å²) >= 11 is 0. The third-order valence-electron chi connectivity index (χ3n) is 5.71. The molecule has 1 unspecified atom stereocenters. The molecule has 0 N–H and O–H groups in total. The summed E-state index contributed by atoms with van der Waals surface area (Å²) in [5, 5.41) is 3.98. The van der Waals surface area contributed by atoms with Crippen LogP contribution in [0.5, 0.6) is 5.88 Å². The van der Waals surface area contributed by atoms with Crippen LogP contribution in [-0.4, -0.2) is 53.7 Å². The van der Waals surface area contributed by atoms with Crippen molar-refractivity contribution in [2.24, 2.45) is 5.92 Å². The van der Waals surface area contributed by atoms with Gasteiger partial charge in [0.25, 0.3) is 0 Å². The molecule has 140 valence electrons. The summed E-state index contributed by atoms with van der Waals surface area (Å²) in [5.74, 6) is 1.57. The summed E-state index contributed by atoms with van der Waals surface area (Å²) in [4.78, 5) is 6.31. The third kappa shape index (κ3) is 2.81. The van der Waals surface area contributed by atoms with Crippen LogP contribution in [0.1, 0.15) is 23.4 Å². The van der Waals surface area contributed by atoms with E-state index in [4.69, 9.17) is 9.26 Å². The average Bonchev–Trinajstić information content (AvgIpc) is 3.04. The fourth-order valence-electron chi connectivity index (χ4n) is 4.10. The molecule has 1 spiro atoms. The number of likely N-dealkylation sites (tertiary alicyclic amines) is 1. The second-order valence-corrected chi connectivity index (χ2v) is 9.75. The highest BCUT2D eigenvalue weighted by atomic mass is 32.2. The normalized spacial score (nSPS) is 23.8. The smallest absolute Gasteiger partial charge is 0.213 e. The second-order valence-electron chi connectivity index (χ2n) is 7.30. The maximum atomic E-state index is 12.7. The van der Waals surface area contributed by atoms with Gasteiger partial charge in [0.15, 0.2) is 9.84 Å². The van der Waals surface area contributed by atoms with Crippen LogP contribution in [0, 0.1) is 19.8 Å². The first-order valence-electron chi connectivity index (χ1n) is 8.81. The summed E-state index contributed by atoms with van der Waals surface area (Å²) in [5.41, 5.74) is 1.92. The number of ether oxygens (including phenoxy) is 1. The molecule has 2 aliphatic heterocycles. The predicted molar refractivity (Wildman–Crippen MR) is 95.6 cm³/mol. The zero-order chi connectivity index (χ0) is 18.4. The largest absolute Gasteiger partial charge is 0.477 e. The first-order valence-corrected chi connectivity index (χ1v) is 10.5. The number of sulfone groups is 1. The molecule has 0 saturated carbocycles. The first-order chi connectivity index (χ1) is 12.4. The van der Waals surface area contributed by atoms with Gasteiger partial charge in [0.2, 0.25) is 5.88 Å². The van der Waals surface area contributed by atoms with E-state index in [0.29, 0.717) is 38.5 Å². The van der Waals surface area contributed by atoms with Gasteiger partial charge in [-0.15, -0.1) is 0 Å². The second kappa shape index (κ2) is 6.35. The van der Waals surface area contributed by atoms with Crippen LogP contribution in [0.3, 0.4) is 0 Å². The molecule has 0 amide bonds. The van der Waals surface area contributed by atoms with Crippen molar-refractivity contribution in [3.63, 3.8) is 0 Å². The summed E-state index contributed by atoms with van der Waals surface area (Å²) in [6, 6.07) is 5.48. The van der Waals surface area contributed by atoms with Gasteiger partial charge < -0.3 is 9.26 Å². The number of rotatable bonds is 5. The Balaban J connectivity index is 1.45. The molecule has 4 heterocycles. The minimum atomic E-state index is -3.12. The Labute approximate surface area is 153 Å². The molecule has 2 aromatic heterocycles. The van der Waals surface area contributed by atoms with Gasteiger partial charge in [-0.25, -0.2) is 13.4 Å². The minimum Gasteiger partial charge on any atom is -0.477 e. The van der Waals surface area contributed by atoms with Gasteiger partial charge in [-0.2, -0.15) is 0 Å². The molecule has 7 nitrogen and oxygen atoms in total. The minimum absolute atomic E-state index is 0.00424. The van der Waals surface area contributed by atoms with E-state index in [1.54, 1.807) is 12.3 Å². The van der Waals surface area contributed by atoms with Crippen LogP contribution in [0.2, 0.25) is 0 Å². The third-order valence-corrected chi connectivity index (χ3v) is 8.32. The van der Waals surface area contributed by atoms with E-state index in [9.17, 15) is 8.42 Å². The molecular formula is C18H23N3O4S. The number of hydrogen-bond donors (Lipinski definition) is 0. The molecule has 4 rings (SSSR count). The zero-order valence-corrected chi connectivity index (χ0v) is 15.8. The van der Waals surface area contributed by atoms with Crippen LogP contribution in [-0.2, 0) is 16.4 Å². The van der Waals surface area contributed by atoms with Crippen LogP contribution >= 0.6 is 0 Å². The van der Waals surface area contributed by atoms with E-state index in [1.807, 2.05) is 26.0 Å². The summed E-state index contributed by atoms with van der Waals surface area (Å²) in [6.45, 7) is 5.94. The van der Waals surface area contributed by atoms with Crippen LogP contribution < -0.4 is 4.74 Å². The lowest BCUT2D eigenvalue weighted by atomic mass is 9.83. The van der Waals surface area contributed by atoms with Crippen LogP contribution in [0.25, 0.3) is 0 Å². The van der Waals surface area contributed by atoms with Gasteiger partial charge in [0.1, 0.15) is 10.5 Å². The average molecular weight is 377 g/mol. The van der Waals surface area contributed by atoms with E-state index in [1.165, 1.54) is 0 Å². The molecule has 1 atom stereocenters. The van der Waals surface area contributed by atoms with Crippen molar-refractivity contribution in [1.82, 2.24) is 15.0 Å². The van der Waals surface area contributed by atoms with E-state index in [0.717, 1.165) is 17.0 Å². The van der Waals surface area contributed by atoms with Gasteiger partial charge in [-0.1, -0.05) is 11.2 Å². The highest BCUT2D eigenvalue weighted by Crippen LogP contribution is 2.45. The van der Waals surface area contributed by atoms with E-state index in [-0.39, 0.29) is 11.7 Å². The molecule has 0 aliphatic carbocycles. The standard InChI is InChI=1S/C18H23N3O4S/c1-13-16(14(2)25-20-13)9-21-11-18(12-21)15(6-8-26(18,22)23)10-24-17-5-3-4-7-19-17/h3-5,7,15H,6,8-12H2,1-2H3. The Hall–Kier alpha value is -1.93. The maximum Gasteiger partial charge on any atom is 0.213 e. The van der Waals surface area contributed by atoms with Crippen molar-refractivity contribution in [3.05, 3.63) is 41.4 Å². The lowest BCUT2D eigenvalue weighted by Crippen LogP contribution is -2.67. The summed E-state index contributed by atoms with van der Waals surface area (Å²) in [7, 11) is -3.12. The van der Waals surface area contributed by atoms with Gasteiger partial charge in [0.05, 0.1) is 18.1 Å². The fraction of sp³-hybridized carbons (Fsp3) is 0.556. The quantitative estimate of drug-likeness (QED) is 0.785. The van der Waals surface area contributed by atoms with E-state index in [2.05, 4.69) is 15.0 Å². The zero-order valence-electron chi connectivity index (χ0n) is 15.0. The molecule has 26 heavy (non-hydrogen) atoms. The molecule has 0 bridgehead atoms. The van der Waals surface area contributed by atoms with Crippen molar-refractivity contribution in [1.29, 1.82) is 0 Å². The van der Waals surface area contributed by atoms with Gasteiger partial charge in [0, 0.05) is 43.4 Å². The molecule has 2 fully saturated rings. The molecule has 2 aliphatic rings. The summed E-state index contributed by atoms with van der Waals surface area (Å²) < 4.78 is 35.8. The Kier molecular flexibility index (Phi) is 4.27. The van der Waals surface area contributed by atoms with Crippen molar-refractivity contribution < 1.29 is 17.7 Å². The highest BCUT2D eigenvalue weighted by molar-refractivity contribution is 7.93. The lowest BCUT2D eigenvalue weighted by molar-refractivity contribution is 0.0577. The highest BCUT2D eigenvalue weighted by Gasteiger charge is 2.61. The van der Waals surface area contributed by atoms with Crippen LogP contribution in [0.15, 0.2) is 28.9 Å². The first kappa shape index (κ1) is 17.5. The molecule has 0 aromatic carbocycles. The molecule has 0 radical (unpaired) electrons. The monoisotopic (exact) mass is 377 g/mol. The van der Waals surface area contributed by atoms with Gasteiger partial charge >= 0.3 is 0 Å². The number of aromatic nitrogens is 2. The Morgan fingerprint density at radius 3 is 2.81 bits per heavy atom. The molecule has 2 aromatic rings. The van der Waals surface area contributed by atoms with E-state index >= 15 is 0 Å². The Morgan fingerprint density at radius 2 is 2.15 bits per heavy atom. The topological polar surface area (TPSA) is 85.5 Å². The van der Waals surface area contributed by atoms with Crippen molar-refractivity contribution in [2.45, 2.75) is 31.6 Å². The number of hydrogen-bond acceptors (Lipinski definition) is 7. The SMILES string of the molecule is Cc1noc(C)c1CN1CC2(C1)C(COc1ccccn1)CCS2(=O)=O. The predicted octanol–water partition coefficient (Wildman–Crippen LogP) is 1.75. The number of aryl methyl sites for hydroxylation is 2. The van der Waals surface area contributed by atoms with Gasteiger partial charge in [-0.3, -0.25) is 4.90 Å². The lowest BCUT2D eigenvalue weighted by Gasteiger charge is -2.49. The molecule has 8 heteroatoms.